The number of rotatable bonds is 4. The first-order valence-electron chi connectivity index (χ1n) is 5.91. The third-order valence-corrected chi connectivity index (χ3v) is 3.47. The van der Waals surface area contributed by atoms with Gasteiger partial charge in [-0.15, -0.1) is 0 Å². The molecule has 1 aliphatic heterocycles. The molecule has 2 unspecified atom stereocenters. The Balaban J connectivity index is 2.27. The lowest BCUT2D eigenvalue weighted by molar-refractivity contribution is -0.148. The number of carbonyl (C=O) groups is 2. The Morgan fingerprint density at radius 3 is 2.79 bits per heavy atom. The number of primary amides is 1. The zero-order chi connectivity index (χ0) is 14.0. The number of nitrogens with two attached hydrogens (primary N) is 1. The standard InChI is InChI=1S/C13H16N2O4/c1-13(12(17)18)7-19-6-10(13)15-9-5-3-2-4-8(9)11(14)16/h2-5,10,15H,6-7H2,1H3,(H2,14,16)(H,17,18). The monoisotopic (exact) mass is 264 g/mol. The Bertz CT molecular complexity index is 517. The van der Waals surface area contributed by atoms with Crippen LogP contribution in [0, 0.1) is 5.41 Å². The Labute approximate surface area is 110 Å². The number of ether oxygens (including phenoxy) is 1. The summed E-state index contributed by atoms with van der Waals surface area (Å²) in [6.07, 6.45) is 0. The van der Waals surface area contributed by atoms with E-state index in [1.165, 1.54) is 0 Å². The van der Waals surface area contributed by atoms with Gasteiger partial charge in [-0.3, -0.25) is 9.59 Å². The van der Waals surface area contributed by atoms with Crippen LogP contribution >= 0.6 is 0 Å². The number of aliphatic carboxylic acids is 1. The number of nitrogens with one attached hydrogen (secondary N) is 1. The molecule has 1 saturated heterocycles. The Hall–Kier alpha value is -2.08. The number of hydrogen-bond donors (Lipinski definition) is 3. The fourth-order valence-electron chi connectivity index (χ4n) is 2.10. The molecule has 102 valence electrons. The molecule has 0 saturated carbocycles. The van der Waals surface area contributed by atoms with Crippen LogP contribution in [-0.4, -0.2) is 36.2 Å². The minimum atomic E-state index is -1.02. The van der Waals surface area contributed by atoms with E-state index in [0.717, 1.165) is 0 Å². The Kier molecular flexibility index (Phi) is 3.44. The molecular weight excluding hydrogens is 248 g/mol. The van der Waals surface area contributed by atoms with Crippen LogP contribution in [0.5, 0.6) is 0 Å². The molecule has 0 aromatic heterocycles. The molecule has 1 aliphatic rings. The highest BCUT2D eigenvalue weighted by Gasteiger charge is 2.46. The van der Waals surface area contributed by atoms with Crippen molar-refractivity contribution >= 4 is 17.6 Å². The molecular formula is C13H16N2O4. The number of amides is 1. The molecule has 1 aromatic rings. The number of para-hydroxylation sites is 1. The lowest BCUT2D eigenvalue weighted by atomic mass is 9.85. The second kappa shape index (κ2) is 4.89. The van der Waals surface area contributed by atoms with E-state index >= 15 is 0 Å². The summed E-state index contributed by atoms with van der Waals surface area (Å²) in [6.45, 7) is 2.03. The van der Waals surface area contributed by atoms with Gasteiger partial charge in [0.2, 0.25) is 0 Å². The molecule has 6 heteroatoms. The van der Waals surface area contributed by atoms with Crippen molar-refractivity contribution in [3.8, 4) is 0 Å². The van der Waals surface area contributed by atoms with E-state index in [-0.39, 0.29) is 13.2 Å². The van der Waals surface area contributed by atoms with E-state index in [0.29, 0.717) is 11.3 Å². The van der Waals surface area contributed by atoms with E-state index in [1.54, 1.807) is 31.2 Å². The fourth-order valence-corrected chi connectivity index (χ4v) is 2.10. The van der Waals surface area contributed by atoms with Crippen LogP contribution in [0.3, 0.4) is 0 Å². The van der Waals surface area contributed by atoms with Crippen LogP contribution in [0.15, 0.2) is 24.3 Å². The van der Waals surface area contributed by atoms with Crippen molar-refractivity contribution < 1.29 is 19.4 Å². The number of carboxylic acid groups (broad SMARTS) is 1. The average molecular weight is 264 g/mol. The van der Waals surface area contributed by atoms with Crippen LogP contribution in [0.4, 0.5) is 5.69 Å². The quantitative estimate of drug-likeness (QED) is 0.742. The highest BCUT2D eigenvalue weighted by molar-refractivity contribution is 5.98. The molecule has 1 aromatic carbocycles. The Morgan fingerprint density at radius 1 is 1.47 bits per heavy atom. The summed E-state index contributed by atoms with van der Waals surface area (Å²) in [5.74, 6) is -1.49. The molecule has 4 N–H and O–H groups in total. The first-order chi connectivity index (χ1) is 8.95. The van der Waals surface area contributed by atoms with Gasteiger partial charge in [0, 0.05) is 5.69 Å². The van der Waals surface area contributed by atoms with Crippen molar-refractivity contribution in [3.05, 3.63) is 29.8 Å². The van der Waals surface area contributed by atoms with Gasteiger partial charge in [0.15, 0.2) is 0 Å². The van der Waals surface area contributed by atoms with Crippen molar-refractivity contribution in [2.75, 3.05) is 18.5 Å². The third-order valence-electron chi connectivity index (χ3n) is 3.47. The number of carbonyl (C=O) groups excluding carboxylic acids is 1. The summed E-state index contributed by atoms with van der Waals surface area (Å²) in [4.78, 5) is 22.7. The van der Waals surface area contributed by atoms with Gasteiger partial charge >= 0.3 is 5.97 Å². The van der Waals surface area contributed by atoms with E-state index in [1.807, 2.05) is 0 Å². The van der Waals surface area contributed by atoms with Crippen LogP contribution in [0.25, 0.3) is 0 Å². The molecule has 0 bridgehead atoms. The molecule has 0 aliphatic carbocycles. The topological polar surface area (TPSA) is 102 Å². The maximum atomic E-state index is 11.3. The lowest BCUT2D eigenvalue weighted by Crippen LogP contribution is -2.43. The SMILES string of the molecule is CC1(C(=O)O)COCC1Nc1ccccc1C(N)=O. The van der Waals surface area contributed by atoms with E-state index in [2.05, 4.69) is 5.32 Å². The first kappa shape index (κ1) is 13.4. The maximum absolute atomic E-state index is 11.3. The molecule has 19 heavy (non-hydrogen) atoms. The predicted octanol–water partition coefficient (Wildman–Crippen LogP) is 0.687. The number of hydrogen-bond acceptors (Lipinski definition) is 4. The zero-order valence-corrected chi connectivity index (χ0v) is 10.6. The summed E-state index contributed by atoms with van der Waals surface area (Å²) in [5, 5.41) is 12.3. The normalized spacial score (nSPS) is 26.1. The zero-order valence-electron chi connectivity index (χ0n) is 10.6. The third kappa shape index (κ3) is 2.39. The van der Waals surface area contributed by atoms with Gasteiger partial charge in [-0.2, -0.15) is 0 Å². The molecule has 6 nitrogen and oxygen atoms in total. The number of benzene rings is 1. The molecule has 1 fully saturated rings. The van der Waals surface area contributed by atoms with Crippen molar-refractivity contribution in [1.82, 2.24) is 0 Å². The fraction of sp³-hybridized carbons (Fsp3) is 0.385. The van der Waals surface area contributed by atoms with Crippen LogP contribution < -0.4 is 11.1 Å². The summed E-state index contributed by atoms with van der Waals surface area (Å²) in [7, 11) is 0. The molecule has 1 amide bonds. The summed E-state index contributed by atoms with van der Waals surface area (Å²) in [5.41, 5.74) is 5.13. The van der Waals surface area contributed by atoms with Gasteiger partial charge in [-0.1, -0.05) is 12.1 Å². The molecule has 2 atom stereocenters. The minimum absolute atomic E-state index is 0.138. The van der Waals surface area contributed by atoms with E-state index in [4.69, 9.17) is 10.5 Å². The van der Waals surface area contributed by atoms with Gasteiger partial charge < -0.3 is 20.9 Å². The van der Waals surface area contributed by atoms with Crippen LogP contribution in [0.2, 0.25) is 0 Å². The van der Waals surface area contributed by atoms with Crippen molar-refractivity contribution in [2.45, 2.75) is 13.0 Å². The van der Waals surface area contributed by atoms with Gasteiger partial charge in [-0.05, 0) is 19.1 Å². The summed E-state index contributed by atoms with van der Waals surface area (Å²) >= 11 is 0. The average Bonchev–Trinajstić information content (AvgIpc) is 2.73. The lowest BCUT2D eigenvalue weighted by Gasteiger charge is -2.27. The van der Waals surface area contributed by atoms with Gasteiger partial charge in [-0.25, -0.2) is 0 Å². The van der Waals surface area contributed by atoms with E-state index in [9.17, 15) is 14.7 Å². The van der Waals surface area contributed by atoms with Crippen molar-refractivity contribution in [2.24, 2.45) is 11.1 Å². The molecule has 2 rings (SSSR count). The van der Waals surface area contributed by atoms with Crippen LogP contribution in [-0.2, 0) is 9.53 Å². The van der Waals surface area contributed by atoms with Crippen molar-refractivity contribution in [1.29, 1.82) is 0 Å². The van der Waals surface area contributed by atoms with Gasteiger partial charge in [0.1, 0.15) is 5.41 Å². The molecule has 1 heterocycles. The van der Waals surface area contributed by atoms with Gasteiger partial charge in [0.05, 0.1) is 24.8 Å². The summed E-state index contributed by atoms with van der Waals surface area (Å²) < 4.78 is 5.25. The second-order valence-electron chi connectivity index (χ2n) is 4.84. The minimum Gasteiger partial charge on any atom is -0.481 e. The second-order valence-corrected chi connectivity index (χ2v) is 4.84. The van der Waals surface area contributed by atoms with Crippen molar-refractivity contribution in [3.63, 3.8) is 0 Å². The highest BCUT2D eigenvalue weighted by atomic mass is 16.5. The predicted molar refractivity (Wildman–Crippen MR) is 68.9 cm³/mol. The molecule has 0 spiro atoms. The van der Waals surface area contributed by atoms with E-state index < -0.39 is 23.3 Å². The number of carboxylic acids is 1. The van der Waals surface area contributed by atoms with Crippen LogP contribution in [0.1, 0.15) is 17.3 Å². The smallest absolute Gasteiger partial charge is 0.313 e. The van der Waals surface area contributed by atoms with Gasteiger partial charge in [0.25, 0.3) is 5.91 Å². The Morgan fingerprint density at radius 2 is 2.16 bits per heavy atom. The highest BCUT2D eigenvalue weighted by Crippen LogP contribution is 2.32. The largest absolute Gasteiger partial charge is 0.481 e. The summed E-state index contributed by atoms with van der Waals surface area (Å²) in [6, 6.07) is 6.33. The molecule has 0 radical (unpaired) electrons. The first-order valence-corrected chi connectivity index (χ1v) is 5.91. The number of anilines is 1. The maximum Gasteiger partial charge on any atom is 0.313 e.